The van der Waals surface area contributed by atoms with Crippen LogP contribution in [0.1, 0.15) is 29.5 Å². The number of imide groups is 1. The van der Waals surface area contributed by atoms with Gasteiger partial charge < -0.3 is 11.1 Å². The van der Waals surface area contributed by atoms with Crippen LogP contribution in [0.15, 0.2) is 42.5 Å². The number of rotatable bonds is 4. The van der Waals surface area contributed by atoms with E-state index in [0.717, 1.165) is 11.1 Å². The Kier molecular flexibility index (Phi) is 4.46. The largest absolute Gasteiger partial charge is 0.370 e. The topological polar surface area (TPSA) is 122 Å². The summed E-state index contributed by atoms with van der Waals surface area (Å²) in [6.45, 7) is 3.71. The van der Waals surface area contributed by atoms with Crippen molar-refractivity contribution in [1.29, 1.82) is 0 Å². The van der Waals surface area contributed by atoms with Gasteiger partial charge in [-0.25, -0.2) is 4.90 Å². The molecule has 164 valence electrons. The molecule has 1 spiro atoms. The number of primary amides is 1. The second-order valence-corrected chi connectivity index (χ2v) is 8.82. The fourth-order valence-electron chi connectivity index (χ4n) is 5.68. The number of nitrogens with one attached hydrogen (secondary N) is 2. The van der Waals surface area contributed by atoms with Gasteiger partial charge in [0.05, 0.1) is 17.5 Å². The summed E-state index contributed by atoms with van der Waals surface area (Å²) in [5.74, 6) is -3.32. The summed E-state index contributed by atoms with van der Waals surface area (Å²) >= 11 is 0. The highest BCUT2D eigenvalue weighted by Crippen LogP contribution is 2.54. The third-order valence-corrected chi connectivity index (χ3v) is 6.99. The van der Waals surface area contributed by atoms with Crippen molar-refractivity contribution in [2.45, 2.75) is 38.3 Å². The number of hydrogen-bond donors (Lipinski definition) is 3. The first-order valence-electron chi connectivity index (χ1n) is 10.7. The van der Waals surface area contributed by atoms with Crippen molar-refractivity contribution in [1.82, 2.24) is 5.32 Å². The van der Waals surface area contributed by atoms with Gasteiger partial charge in [0.15, 0.2) is 0 Å². The zero-order chi connectivity index (χ0) is 22.8. The molecule has 0 radical (unpaired) electrons. The first-order chi connectivity index (χ1) is 15.3. The van der Waals surface area contributed by atoms with Gasteiger partial charge in [-0.2, -0.15) is 0 Å². The van der Waals surface area contributed by atoms with Crippen LogP contribution >= 0.6 is 0 Å². The molecule has 5 rings (SSSR count). The highest BCUT2D eigenvalue weighted by atomic mass is 16.2. The molecule has 3 heterocycles. The Morgan fingerprint density at radius 1 is 1.03 bits per heavy atom. The van der Waals surface area contributed by atoms with Crippen LogP contribution in [0.3, 0.4) is 0 Å². The number of nitrogens with two attached hydrogens (primary N) is 1. The molecule has 2 fully saturated rings. The molecule has 0 bridgehead atoms. The number of carbonyl (C=O) groups excluding carboxylic acids is 4. The van der Waals surface area contributed by atoms with E-state index in [0.29, 0.717) is 16.9 Å². The van der Waals surface area contributed by atoms with Gasteiger partial charge in [-0.1, -0.05) is 36.4 Å². The number of aryl methyl sites for hydroxylation is 2. The lowest BCUT2D eigenvalue weighted by molar-refractivity contribution is -0.130. The molecule has 4 atom stereocenters. The van der Waals surface area contributed by atoms with E-state index < -0.39 is 35.2 Å². The van der Waals surface area contributed by atoms with Crippen LogP contribution < -0.4 is 21.3 Å². The van der Waals surface area contributed by atoms with E-state index in [1.807, 2.05) is 32.0 Å². The van der Waals surface area contributed by atoms with Gasteiger partial charge in [-0.3, -0.25) is 24.5 Å². The molecule has 3 aliphatic rings. The Morgan fingerprint density at radius 3 is 2.41 bits per heavy atom. The number of para-hydroxylation sites is 2. The number of amides is 4. The van der Waals surface area contributed by atoms with Gasteiger partial charge >= 0.3 is 0 Å². The molecule has 8 heteroatoms. The quantitative estimate of drug-likeness (QED) is 0.632. The van der Waals surface area contributed by atoms with Gasteiger partial charge in [0.1, 0.15) is 5.54 Å². The number of carbonyl (C=O) groups is 4. The molecule has 4 unspecified atom stereocenters. The van der Waals surface area contributed by atoms with E-state index in [1.54, 1.807) is 24.3 Å². The lowest BCUT2D eigenvalue weighted by Crippen LogP contribution is -2.53. The molecule has 2 aromatic rings. The van der Waals surface area contributed by atoms with Crippen LogP contribution in [-0.2, 0) is 24.7 Å². The molecule has 4 amide bonds. The summed E-state index contributed by atoms with van der Waals surface area (Å²) in [6, 6.07) is 12.2. The first-order valence-corrected chi connectivity index (χ1v) is 10.7. The summed E-state index contributed by atoms with van der Waals surface area (Å²) in [5, 5.41) is 6.17. The maximum absolute atomic E-state index is 13.9. The van der Waals surface area contributed by atoms with Crippen LogP contribution in [0, 0.1) is 25.7 Å². The van der Waals surface area contributed by atoms with Crippen molar-refractivity contribution in [3.63, 3.8) is 0 Å². The van der Waals surface area contributed by atoms with Crippen molar-refractivity contribution in [3.05, 3.63) is 59.2 Å². The maximum atomic E-state index is 13.9. The number of fused-ring (bicyclic) bond motifs is 4. The first kappa shape index (κ1) is 20.4. The summed E-state index contributed by atoms with van der Waals surface area (Å²) < 4.78 is 0. The normalized spacial score (nSPS) is 28.2. The Balaban J connectivity index is 1.67. The highest BCUT2D eigenvalue weighted by Gasteiger charge is 2.70. The van der Waals surface area contributed by atoms with Gasteiger partial charge in [0, 0.05) is 23.7 Å². The predicted molar refractivity (Wildman–Crippen MR) is 117 cm³/mol. The van der Waals surface area contributed by atoms with Gasteiger partial charge in [0.2, 0.25) is 23.6 Å². The molecular formula is C24H24N4O4. The van der Waals surface area contributed by atoms with Crippen molar-refractivity contribution in [2.24, 2.45) is 17.6 Å². The van der Waals surface area contributed by atoms with Crippen molar-refractivity contribution in [3.8, 4) is 0 Å². The zero-order valence-corrected chi connectivity index (χ0v) is 17.8. The van der Waals surface area contributed by atoms with Gasteiger partial charge in [0.25, 0.3) is 0 Å². The second-order valence-electron chi connectivity index (χ2n) is 8.82. The average molecular weight is 432 g/mol. The van der Waals surface area contributed by atoms with Crippen LogP contribution in [0.2, 0.25) is 0 Å². The Hall–Kier alpha value is -3.52. The number of hydrogen-bond acceptors (Lipinski definition) is 5. The molecule has 3 aliphatic heterocycles. The lowest BCUT2D eigenvalue weighted by Gasteiger charge is -2.30. The lowest BCUT2D eigenvalue weighted by atomic mass is 9.76. The fourth-order valence-corrected chi connectivity index (χ4v) is 5.68. The zero-order valence-electron chi connectivity index (χ0n) is 17.8. The van der Waals surface area contributed by atoms with E-state index in [1.165, 1.54) is 4.90 Å². The molecular weight excluding hydrogens is 408 g/mol. The van der Waals surface area contributed by atoms with E-state index in [9.17, 15) is 19.2 Å². The Bertz CT molecular complexity index is 1170. The average Bonchev–Trinajstić information content (AvgIpc) is 3.32. The molecule has 0 aliphatic carbocycles. The SMILES string of the molecule is Cc1cccc(C)c1N1C(=O)C2C(CCC(N)=O)NC3(C(=O)Nc4ccccc43)C2C1=O. The van der Waals surface area contributed by atoms with Crippen LogP contribution in [-0.4, -0.2) is 29.7 Å². The smallest absolute Gasteiger partial charge is 0.250 e. The third kappa shape index (κ3) is 2.59. The molecule has 8 nitrogen and oxygen atoms in total. The predicted octanol–water partition coefficient (Wildman–Crippen LogP) is 1.49. The standard InChI is InChI=1S/C24H24N4O4/c1-12-6-5-7-13(2)20(12)28-21(30)18-16(10-11-17(25)29)27-24(19(18)22(28)31)14-8-3-4-9-15(14)26-23(24)32/h3-9,16,18-19,27H,10-11H2,1-2H3,(H2,25,29)(H,26,32). The maximum Gasteiger partial charge on any atom is 0.250 e. The van der Waals surface area contributed by atoms with E-state index in [-0.39, 0.29) is 24.7 Å². The summed E-state index contributed by atoms with van der Waals surface area (Å²) in [6.07, 6.45) is 0.304. The minimum absolute atomic E-state index is 0.0467. The molecule has 0 aromatic heterocycles. The second kappa shape index (κ2) is 7.00. The van der Waals surface area contributed by atoms with E-state index in [2.05, 4.69) is 10.6 Å². The molecule has 2 saturated heterocycles. The van der Waals surface area contributed by atoms with Crippen molar-refractivity contribution < 1.29 is 19.2 Å². The monoisotopic (exact) mass is 432 g/mol. The number of benzene rings is 2. The molecule has 0 saturated carbocycles. The molecule has 2 aromatic carbocycles. The van der Waals surface area contributed by atoms with Crippen LogP contribution in [0.5, 0.6) is 0 Å². The van der Waals surface area contributed by atoms with Gasteiger partial charge in [-0.15, -0.1) is 0 Å². The summed E-state index contributed by atoms with van der Waals surface area (Å²) in [5.41, 5.74) is 7.43. The van der Waals surface area contributed by atoms with E-state index in [4.69, 9.17) is 5.73 Å². The molecule has 32 heavy (non-hydrogen) atoms. The van der Waals surface area contributed by atoms with Crippen LogP contribution in [0.4, 0.5) is 11.4 Å². The van der Waals surface area contributed by atoms with Crippen molar-refractivity contribution >= 4 is 35.0 Å². The Labute approximate surface area is 185 Å². The van der Waals surface area contributed by atoms with Gasteiger partial charge in [-0.05, 0) is 37.5 Å². The third-order valence-electron chi connectivity index (χ3n) is 6.99. The van der Waals surface area contributed by atoms with Crippen LogP contribution in [0.25, 0.3) is 0 Å². The Morgan fingerprint density at radius 2 is 1.72 bits per heavy atom. The van der Waals surface area contributed by atoms with E-state index >= 15 is 0 Å². The van der Waals surface area contributed by atoms with Crippen molar-refractivity contribution in [2.75, 3.05) is 10.2 Å². The minimum atomic E-state index is -1.37. The minimum Gasteiger partial charge on any atom is -0.370 e. The fraction of sp³-hybridized carbons (Fsp3) is 0.333. The number of nitrogens with zero attached hydrogens (tertiary/aromatic N) is 1. The highest BCUT2D eigenvalue weighted by molar-refractivity contribution is 6.26. The molecule has 4 N–H and O–H groups in total. The summed E-state index contributed by atoms with van der Waals surface area (Å²) in [4.78, 5) is 53.7. The summed E-state index contributed by atoms with van der Waals surface area (Å²) in [7, 11) is 0. The number of anilines is 2.